The van der Waals surface area contributed by atoms with Crippen molar-refractivity contribution in [2.45, 2.75) is 0 Å². The third-order valence-electron chi connectivity index (χ3n) is 4.98. The summed E-state index contributed by atoms with van der Waals surface area (Å²) in [6.07, 6.45) is 4.95. The second-order valence-electron chi connectivity index (χ2n) is 6.95. The molecule has 4 aromatic heterocycles. The zero-order valence-corrected chi connectivity index (χ0v) is 17.6. The van der Waals surface area contributed by atoms with Crippen molar-refractivity contribution < 1.29 is 13.6 Å². The maximum absolute atomic E-state index is 12.7. The molecule has 5 rings (SSSR count). The van der Waals surface area contributed by atoms with E-state index in [9.17, 15) is 10.1 Å². The number of carbonyl (C=O) groups excluding carboxylic acids is 1. The summed E-state index contributed by atoms with van der Waals surface area (Å²) >= 11 is 1.36. The van der Waals surface area contributed by atoms with Gasteiger partial charge in [0.1, 0.15) is 6.07 Å². The minimum absolute atomic E-state index is 0.194. The minimum Gasteiger partial charge on any atom is -0.459 e. The first kappa shape index (κ1) is 19.8. The van der Waals surface area contributed by atoms with Crippen LogP contribution in [0.25, 0.3) is 22.9 Å². The highest BCUT2D eigenvalue weighted by Crippen LogP contribution is 2.29. The number of thiazole rings is 1. The Morgan fingerprint density at radius 3 is 2.78 bits per heavy atom. The van der Waals surface area contributed by atoms with Gasteiger partial charge in [-0.15, -0.1) is 11.3 Å². The van der Waals surface area contributed by atoms with Crippen LogP contribution in [-0.2, 0) is 0 Å². The van der Waals surface area contributed by atoms with Crippen molar-refractivity contribution in [3.8, 4) is 29.0 Å². The van der Waals surface area contributed by atoms with Crippen LogP contribution in [0.1, 0.15) is 5.69 Å². The Hall–Kier alpha value is -4.17. The van der Waals surface area contributed by atoms with E-state index in [1.54, 1.807) is 29.4 Å². The molecule has 32 heavy (non-hydrogen) atoms. The average molecular weight is 447 g/mol. The number of urea groups is 1. The first-order chi connectivity index (χ1) is 15.7. The summed E-state index contributed by atoms with van der Waals surface area (Å²) in [6.45, 7) is 1.95. The van der Waals surface area contributed by atoms with Crippen LogP contribution >= 0.6 is 11.3 Å². The first-order valence-corrected chi connectivity index (χ1v) is 10.7. The number of amides is 2. The highest BCUT2D eigenvalue weighted by Gasteiger charge is 2.27. The third kappa shape index (κ3) is 3.91. The SMILES string of the molecule is N#Cc1nc(-c2ccco2)oc1N1CCN(C(=O)Nc2nc(-c3cccnc3)cs2)CC1. The van der Waals surface area contributed by atoms with Gasteiger partial charge in [-0.1, -0.05) is 0 Å². The van der Waals surface area contributed by atoms with Gasteiger partial charge in [0.25, 0.3) is 5.89 Å². The van der Waals surface area contributed by atoms with E-state index < -0.39 is 0 Å². The number of nitriles is 1. The fourth-order valence-electron chi connectivity index (χ4n) is 3.37. The number of nitrogens with zero attached hydrogens (tertiary/aromatic N) is 6. The smallest absolute Gasteiger partial charge is 0.323 e. The van der Waals surface area contributed by atoms with Crippen LogP contribution < -0.4 is 10.2 Å². The highest BCUT2D eigenvalue weighted by atomic mass is 32.1. The standard InChI is InChI=1S/C21H17N7O3S/c22-11-15-19(31-18(24-15)17-4-2-10-30-17)27-6-8-28(9-7-27)21(29)26-20-25-16(13-32-20)14-3-1-5-23-12-14/h1-5,10,12-13H,6-9H2,(H,25,26,29). The molecule has 0 spiro atoms. The number of piperazine rings is 1. The molecule has 1 N–H and O–H groups in total. The van der Waals surface area contributed by atoms with Crippen molar-refractivity contribution in [1.29, 1.82) is 5.26 Å². The number of hydrogen-bond donors (Lipinski definition) is 1. The van der Waals surface area contributed by atoms with E-state index in [4.69, 9.17) is 8.83 Å². The Labute approximate surface area is 186 Å². The van der Waals surface area contributed by atoms with E-state index in [1.807, 2.05) is 22.4 Å². The number of furan rings is 1. The van der Waals surface area contributed by atoms with E-state index in [0.29, 0.717) is 43.0 Å². The Morgan fingerprint density at radius 1 is 1.19 bits per heavy atom. The zero-order valence-electron chi connectivity index (χ0n) is 16.8. The molecule has 160 valence electrons. The van der Waals surface area contributed by atoms with Gasteiger partial charge in [-0.05, 0) is 24.3 Å². The second kappa shape index (κ2) is 8.52. The molecule has 0 radical (unpaired) electrons. The van der Waals surface area contributed by atoms with Crippen LogP contribution in [0, 0.1) is 11.3 Å². The summed E-state index contributed by atoms with van der Waals surface area (Å²) in [5.41, 5.74) is 1.86. The van der Waals surface area contributed by atoms with Gasteiger partial charge in [-0.2, -0.15) is 10.2 Å². The molecule has 5 heterocycles. The van der Waals surface area contributed by atoms with Gasteiger partial charge >= 0.3 is 6.03 Å². The molecule has 1 aliphatic rings. The maximum atomic E-state index is 12.7. The van der Waals surface area contributed by atoms with Gasteiger partial charge in [0.15, 0.2) is 10.9 Å². The van der Waals surface area contributed by atoms with Crippen LogP contribution in [-0.4, -0.2) is 52.1 Å². The van der Waals surface area contributed by atoms with Crippen molar-refractivity contribution >= 4 is 28.4 Å². The minimum atomic E-state index is -0.217. The van der Waals surface area contributed by atoms with Crippen molar-refractivity contribution in [2.24, 2.45) is 0 Å². The number of rotatable bonds is 4. The molecule has 1 fully saturated rings. The molecular formula is C21H17N7O3S. The maximum Gasteiger partial charge on any atom is 0.323 e. The summed E-state index contributed by atoms with van der Waals surface area (Å²) < 4.78 is 11.1. The van der Waals surface area contributed by atoms with Gasteiger partial charge in [-0.25, -0.2) is 9.78 Å². The predicted octanol–water partition coefficient (Wildman–Crippen LogP) is 3.68. The summed E-state index contributed by atoms with van der Waals surface area (Å²) in [6, 6.07) is 9.06. The third-order valence-corrected chi connectivity index (χ3v) is 5.73. The first-order valence-electron chi connectivity index (χ1n) is 9.83. The Kier molecular flexibility index (Phi) is 5.27. The van der Waals surface area contributed by atoms with Crippen LogP contribution in [0.5, 0.6) is 0 Å². The summed E-state index contributed by atoms with van der Waals surface area (Å²) in [4.78, 5) is 29.1. The molecule has 2 amide bonds. The van der Waals surface area contributed by atoms with Crippen molar-refractivity contribution in [1.82, 2.24) is 19.9 Å². The van der Waals surface area contributed by atoms with E-state index in [1.165, 1.54) is 17.6 Å². The Balaban J connectivity index is 1.21. The monoisotopic (exact) mass is 447 g/mol. The fourth-order valence-corrected chi connectivity index (χ4v) is 4.08. The summed E-state index contributed by atoms with van der Waals surface area (Å²) in [5, 5.41) is 14.7. The Morgan fingerprint density at radius 2 is 2.06 bits per heavy atom. The normalized spacial score (nSPS) is 13.7. The molecule has 4 aromatic rings. The molecule has 11 heteroatoms. The number of hydrogen-bond acceptors (Lipinski definition) is 9. The van der Waals surface area contributed by atoms with Gasteiger partial charge in [0.2, 0.25) is 11.6 Å². The van der Waals surface area contributed by atoms with Crippen LogP contribution in [0.15, 0.2) is 57.1 Å². The lowest BCUT2D eigenvalue weighted by molar-refractivity contribution is 0.207. The van der Waals surface area contributed by atoms with Gasteiger partial charge < -0.3 is 18.6 Å². The number of oxazole rings is 1. The molecule has 0 atom stereocenters. The second-order valence-corrected chi connectivity index (χ2v) is 7.80. The van der Waals surface area contributed by atoms with Gasteiger partial charge in [0.05, 0.1) is 12.0 Å². The molecule has 1 aliphatic heterocycles. The lowest BCUT2D eigenvalue weighted by atomic mass is 10.2. The number of nitrogens with one attached hydrogen (secondary N) is 1. The van der Waals surface area contributed by atoms with Crippen LogP contribution in [0.2, 0.25) is 0 Å². The largest absolute Gasteiger partial charge is 0.459 e. The number of aromatic nitrogens is 3. The quantitative estimate of drug-likeness (QED) is 0.502. The highest BCUT2D eigenvalue weighted by molar-refractivity contribution is 7.14. The zero-order chi connectivity index (χ0) is 21.9. The molecule has 0 aliphatic carbocycles. The molecule has 0 unspecified atom stereocenters. The van der Waals surface area contributed by atoms with E-state index in [0.717, 1.165) is 11.3 Å². The average Bonchev–Trinajstić information content (AvgIpc) is 3.60. The van der Waals surface area contributed by atoms with Crippen molar-refractivity contribution in [3.63, 3.8) is 0 Å². The van der Waals surface area contributed by atoms with Gasteiger partial charge in [-0.3, -0.25) is 10.3 Å². The lowest BCUT2D eigenvalue weighted by Crippen LogP contribution is -2.50. The summed E-state index contributed by atoms with van der Waals surface area (Å²) in [7, 11) is 0. The van der Waals surface area contributed by atoms with Crippen molar-refractivity contribution in [3.05, 3.63) is 54.0 Å². The molecule has 0 aromatic carbocycles. The molecule has 10 nitrogen and oxygen atoms in total. The predicted molar refractivity (Wildman–Crippen MR) is 117 cm³/mol. The van der Waals surface area contributed by atoms with E-state index in [-0.39, 0.29) is 17.6 Å². The summed E-state index contributed by atoms with van der Waals surface area (Å²) in [5.74, 6) is 1.11. The topological polar surface area (TPSA) is 124 Å². The Bertz CT molecular complexity index is 1250. The van der Waals surface area contributed by atoms with Crippen LogP contribution in [0.4, 0.5) is 15.8 Å². The lowest BCUT2D eigenvalue weighted by Gasteiger charge is -2.34. The number of anilines is 2. The molecule has 0 saturated carbocycles. The number of carbonyl (C=O) groups is 1. The van der Waals surface area contributed by atoms with Gasteiger partial charge in [0, 0.05) is 49.5 Å². The molecular weight excluding hydrogens is 430 g/mol. The van der Waals surface area contributed by atoms with E-state index >= 15 is 0 Å². The van der Waals surface area contributed by atoms with Crippen LogP contribution in [0.3, 0.4) is 0 Å². The molecule has 0 bridgehead atoms. The molecule has 1 saturated heterocycles. The van der Waals surface area contributed by atoms with Crippen molar-refractivity contribution in [2.75, 3.05) is 36.4 Å². The fraction of sp³-hybridized carbons (Fsp3) is 0.190. The number of pyridine rings is 1. The van der Waals surface area contributed by atoms with E-state index in [2.05, 4.69) is 26.3 Å².